The zero-order valence-corrected chi connectivity index (χ0v) is 11.1. The van der Waals surface area contributed by atoms with Crippen LogP contribution in [0.25, 0.3) is 0 Å². The zero-order chi connectivity index (χ0) is 13.2. The molecule has 0 saturated heterocycles. The lowest BCUT2D eigenvalue weighted by atomic mass is 10.00. The van der Waals surface area contributed by atoms with Gasteiger partial charge in [-0.2, -0.15) is 0 Å². The van der Waals surface area contributed by atoms with Crippen molar-refractivity contribution in [3.63, 3.8) is 0 Å². The van der Waals surface area contributed by atoms with Crippen molar-refractivity contribution in [1.29, 1.82) is 0 Å². The number of carbonyl (C=O) groups is 1. The van der Waals surface area contributed by atoms with E-state index in [1.165, 1.54) is 0 Å². The quantitative estimate of drug-likeness (QED) is 0.797. The summed E-state index contributed by atoms with van der Waals surface area (Å²) in [6.45, 7) is 0.663. The lowest BCUT2D eigenvalue weighted by molar-refractivity contribution is 0.0990. The van der Waals surface area contributed by atoms with Crippen molar-refractivity contribution in [2.45, 2.75) is 12.8 Å². The molecule has 1 heterocycles. The first kappa shape index (κ1) is 12.2. The van der Waals surface area contributed by atoms with Crippen LogP contribution >= 0.6 is 11.6 Å². The average molecular weight is 273 g/mol. The number of para-hydroxylation sites is 1. The summed E-state index contributed by atoms with van der Waals surface area (Å²) < 4.78 is 5.57. The number of carbonyl (C=O) groups excluding carboxylic acids is 1. The van der Waals surface area contributed by atoms with Crippen LogP contribution in [0.4, 0.5) is 0 Å². The first-order chi connectivity index (χ1) is 9.24. The molecule has 1 aliphatic rings. The van der Waals surface area contributed by atoms with Gasteiger partial charge in [-0.05, 0) is 29.3 Å². The summed E-state index contributed by atoms with van der Waals surface area (Å²) in [6.07, 6.45) is 1.23. The van der Waals surface area contributed by atoms with Crippen LogP contribution in [0.3, 0.4) is 0 Å². The molecular weight excluding hydrogens is 260 g/mol. The van der Waals surface area contributed by atoms with Crippen LogP contribution in [0.15, 0.2) is 42.5 Å². The third-order valence-electron chi connectivity index (χ3n) is 3.27. The Morgan fingerprint density at radius 3 is 2.89 bits per heavy atom. The van der Waals surface area contributed by atoms with Crippen molar-refractivity contribution in [3.8, 4) is 5.75 Å². The van der Waals surface area contributed by atoms with Crippen molar-refractivity contribution < 1.29 is 9.53 Å². The lowest BCUT2D eigenvalue weighted by Gasteiger charge is -2.07. The molecular formula is C16H13ClO2. The number of hydrogen-bond acceptors (Lipinski definition) is 2. The highest BCUT2D eigenvalue weighted by molar-refractivity contribution is 6.30. The number of fused-ring (bicyclic) bond motifs is 1. The second-order valence-electron chi connectivity index (χ2n) is 4.62. The molecule has 0 fully saturated rings. The van der Waals surface area contributed by atoms with E-state index in [4.69, 9.17) is 16.3 Å². The summed E-state index contributed by atoms with van der Waals surface area (Å²) >= 11 is 5.93. The summed E-state index contributed by atoms with van der Waals surface area (Å²) in [6, 6.07) is 13.2. The second-order valence-corrected chi connectivity index (χ2v) is 5.06. The highest BCUT2D eigenvalue weighted by Crippen LogP contribution is 2.30. The van der Waals surface area contributed by atoms with Crippen LogP contribution in [-0.4, -0.2) is 12.4 Å². The number of ether oxygens (including phenoxy) is 1. The average Bonchev–Trinajstić information content (AvgIpc) is 2.86. The second kappa shape index (κ2) is 5.06. The third kappa shape index (κ3) is 2.49. The Morgan fingerprint density at radius 2 is 2.05 bits per heavy atom. The zero-order valence-electron chi connectivity index (χ0n) is 10.4. The lowest BCUT2D eigenvalue weighted by Crippen LogP contribution is -2.05. The van der Waals surface area contributed by atoms with Gasteiger partial charge >= 0.3 is 0 Å². The predicted octanol–water partition coefficient (Wildman–Crippen LogP) is 3.70. The first-order valence-corrected chi connectivity index (χ1v) is 6.64. The number of ketones is 1. The first-order valence-electron chi connectivity index (χ1n) is 6.26. The Hall–Kier alpha value is -1.80. The topological polar surface area (TPSA) is 26.3 Å². The number of Topliss-reactive ketones (excluding diaryl/α,β-unsaturated/α-hetero) is 1. The van der Waals surface area contributed by atoms with Crippen molar-refractivity contribution in [2.24, 2.45) is 0 Å². The van der Waals surface area contributed by atoms with E-state index in [-0.39, 0.29) is 5.78 Å². The molecule has 0 aliphatic carbocycles. The number of benzene rings is 2. The van der Waals surface area contributed by atoms with Gasteiger partial charge in [-0.25, -0.2) is 0 Å². The Bertz CT molecular complexity index is 634. The molecule has 3 heteroatoms. The monoisotopic (exact) mass is 272 g/mol. The van der Waals surface area contributed by atoms with E-state index < -0.39 is 0 Å². The number of halogens is 1. The van der Waals surface area contributed by atoms with Crippen LogP contribution in [0.2, 0.25) is 5.02 Å². The molecule has 0 atom stereocenters. The molecule has 0 spiro atoms. The maximum Gasteiger partial charge on any atom is 0.170 e. The van der Waals surface area contributed by atoms with Gasteiger partial charge in [-0.1, -0.05) is 35.9 Å². The molecule has 0 aromatic heterocycles. The molecule has 0 unspecified atom stereocenters. The Morgan fingerprint density at radius 1 is 1.21 bits per heavy atom. The third-order valence-corrected chi connectivity index (χ3v) is 3.50. The van der Waals surface area contributed by atoms with Gasteiger partial charge < -0.3 is 4.74 Å². The van der Waals surface area contributed by atoms with Crippen molar-refractivity contribution >= 4 is 17.4 Å². The van der Waals surface area contributed by atoms with E-state index in [2.05, 4.69) is 0 Å². The summed E-state index contributed by atoms with van der Waals surface area (Å²) in [5, 5.41) is 0.653. The molecule has 0 amide bonds. The maximum absolute atomic E-state index is 12.4. The smallest absolute Gasteiger partial charge is 0.170 e. The van der Waals surface area contributed by atoms with Crippen molar-refractivity contribution in [1.82, 2.24) is 0 Å². The fraction of sp³-hybridized carbons (Fsp3) is 0.188. The van der Waals surface area contributed by atoms with Crippen LogP contribution in [0.5, 0.6) is 5.75 Å². The van der Waals surface area contributed by atoms with Gasteiger partial charge in [-0.3, -0.25) is 4.79 Å². The fourth-order valence-corrected chi connectivity index (χ4v) is 2.58. The van der Waals surface area contributed by atoms with E-state index >= 15 is 0 Å². The molecule has 0 bridgehead atoms. The molecule has 0 radical (unpaired) electrons. The molecule has 1 aliphatic heterocycles. The van der Waals surface area contributed by atoms with E-state index in [1.807, 2.05) is 36.4 Å². The van der Waals surface area contributed by atoms with E-state index in [1.54, 1.807) is 6.07 Å². The summed E-state index contributed by atoms with van der Waals surface area (Å²) in [4.78, 5) is 12.4. The van der Waals surface area contributed by atoms with Crippen LogP contribution in [0, 0.1) is 0 Å². The van der Waals surface area contributed by atoms with Crippen LogP contribution in [-0.2, 0) is 12.8 Å². The molecule has 2 aromatic rings. The Labute approximate surface area is 117 Å². The minimum absolute atomic E-state index is 0.0704. The molecule has 0 saturated carbocycles. The normalized spacial score (nSPS) is 12.9. The van der Waals surface area contributed by atoms with Gasteiger partial charge in [0.25, 0.3) is 0 Å². The largest absolute Gasteiger partial charge is 0.492 e. The van der Waals surface area contributed by atoms with Crippen LogP contribution in [0.1, 0.15) is 21.5 Å². The molecule has 2 nitrogen and oxygen atoms in total. The molecule has 0 N–H and O–H groups in total. The standard InChI is InChI=1S/C16H13ClO2/c17-13-5-1-3-11(9-13)10-15(18)14-6-2-4-12-7-8-19-16(12)14/h1-6,9H,7-8,10H2. The van der Waals surface area contributed by atoms with Gasteiger partial charge in [0.15, 0.2) is 5.78 Å². The van der Waals surface area contributed by atoms with Crippen molar-refractivity contribution in [2.75, 3.05) is 6.61 Å². The predicted molar refractivity (Wildman–Crippen MR) is 75.1 cm³/mol. The van der Waals surface area contributed by atoms with Crippen molar-refractivity contribution in [3.05, 3.63) is 64.2 Å². The Balaban J connectivity index is 1.87. The molecule has 3 rings (SSSR count). The number of rotatable bonds is 3. The number of hydrogen-bond donors (Lipinski definition) is 0. The maximum atomic E-state index is 12.4. The summed E-state index contributed by atoms with van der Waals surface area (Å²) in [5.74, 6) is 0.829. The van der Waals surface area contributed by atoms with Gasteiger partial charge in [0.2, 0.25) is 0 Å². The van der Waals surface area contributed by atoms with E-state index in [0.29, 0.717) is 23.6 Å². The summed E-state index contributed by atoms with van der Waals surface area (Å²) in [5.41, 5.74) is 2.72. The highest BCUT2D eigenvalue weighted by Gasteiger charge is 2.20. The van der Waals surface area contributed by atoms with Gasteiger partial charge in [-0.15, -0.1) is 0 Å². The van der Waals surface area contributed by atoms with Gasteiger partial charge in [0.05, 0.1) is 12.2 Å². The minimum Gasteiger partial charge on any atom is -0.492 e. The van der Waals surface area contributed by atoms with E-state index in [9.17, 15) is 4.79 Å². The van der Waals surface area contributed by atoms with Gasteiger partial charge in [0, 0.05) is 17.9 Å². The van der Waals surface area contributed by atoms with E-state index in [0.717, 1.165) is 23.3 Å². The van der Waals surface area contributed by atoms with Gasteiger partial charge in [0.1, 0.15) is 5.75 Å². The molecule has 19 heavy (non-hydrogen) atoms. The Kier molecular flexibility index (Phi) is 3.26. The van der Waals surface area contributed by atoms with Crippen LogP contribution < -0.4 is 4.74 Å². The minimum atomic E-state index is 0.0704. The molecule has 2 aromatic carbocycles. The molecule has 96 valence electrons. The highest BCUT2D eigenvalue weighted by atomic mass is 35.5. The fourth-order valence-electron chi connectivity index (χ4n) is 2.36. The summed E-state index contributed by atoms with van der Waals surface area (Å²) in [7, 11) is 0. The SMILES string of the molecule is O=C(Cc1cccc(Cl)c1)c1cccc2c1OCC2.